The molecule has 0 amide bonds. The normalized spacial score (nSPS) is 44.7. The van der Waals surface area contributed by atoms with Crippen LogP contribution in [0.4, 0.5) is 0 Å². The van der Waals surface area contributed by atoms with E-state index >= 15 is 0 Å². The number of carbonyl (C=O) groups is 1. The van der Waals surface area contributed by atoms with E-state index < -0.39 is 17.6 Å². The van der Waals surface area contributed by atoms with E-state index in [1.54, 1.807) is 0 Å². The summed E-state index contributed by atoms with van der Waals surface area (Å²) in [5.74, 6) is 0.516. The van der Waals surface area contributed by atoms with Gasteiger partial charge in [0.2, 0.25) is 0 Å². The molecule has 0 saturated heterocycles. The van der Waals surface area contributed by atoms with Crippen LogP contribution in [0.1, 0.15) is 47.0 Å². The lowest BCUT2D eigenvalue weighted by Gasteiger charge is -2.55. The molecule has 0 spiro atoms. The number of hydrogen-bond donors (Lipinski definition) is 3. The minimum Gasteiger partial charge on any atom is -0.396 e. The van der Waals surface area contributed by atoms with Crippen LogP contribution in [0.5, 0.6) is 0 Å². The van der Waals surface area contributed by atoms with Crippen molar-refractivity contribution >= 4 is 5.78 Å². The van der Waals surface area contributed by atoms with Gasteiger partial charge in [-0.2, -0.15) is 0 Å². The fraction of sp³-hybridized carbons (Fsp3) is 0.842. The van der Waals surface area contributed by atoms with Crippen molar-refractivity contribution in [2.75, 3.05) is 6.61 Å². The summed E-state index contributed by atoms with van der Waals surface area (Å²) in [6.45, 7) is 8.25. The summed E-state index contributed by atoms with van der Waals surface area (Å²) in [6, 6.07) is 0. The highest BCUT2D eigenvalue weighted by Crippen LogP contribution is 2.56. The standard InChI is InChI=1S/C19H32O4/c1-5-11(2)14-7-6-13-17(12(3)10-15(21)18(13)23)19(14,4)16(22)8-9-20/h6-7,11-15,17-18,20-21,23H,5,8-10H2,1-4H3/t11-,12-,13-,14-,15-,17+,18+,19-/m1/s1. The molecule has 1 saturated carbocycles. The second kappa shape index (κ2) is 7.04. The van der Waals surface area contributed by atoms with Crippen molar-refractivity contribution in [3.63, 3.8) is 0 Å². The van der Waals surface area contributed by atoms with Gasteiger partial charge in [-0.1, -0.05) is 46.3 Å². The van der Waals surface area contributed by atoms with Crippen LogP contribution in [-0.4, -0.2) is 39.9 Å². The summed E-state index contributed by atoms with van der Waals surface area (Å²) < 4.78 is 0. The quantitative estimate of drug-likeness (QED) is 0.677. The second-order valence-corrected chi connectivity index (χ2v) is 7.85. The number of ketones is 1. The van der Waals surface area contributed by atoms with E-state index in [0.29, 0.717) is 12.3 Å². The van der Waals surface area contributed by atoms with Gasteiger partial charge in [-0.3, -0.25) is 4.79 Å². The molecule has 0 aliphatic heterocycles. The molecule has 0 aromatic carbocycles. The smallest absolute Gasteiger partial charge is 0.141 e. The first-order chi connectivity index (χ1) is 10.8. The van der Waals surface area contributed by atoms with Gasteiger partial charge in [-0.15, -0.1) is 0 Å². The number of carbonyl (C=O) groups excluding carboxylic acids is 1. The van der Waals surface area contributed by atoms with Crippen molar-refractivity contribution in [1.29, 1.82) is 0 Å². The van der Waals surface area contributed by atoms with Crippen molar-refractivity contribution in [3.8, 4) is 0 Å². The predicted octanol–water partition coefficient (Wildman–Crippen LogP) is 2.17. The zero-order valence-corrected chi connectivity index (χ0v) is 14.8. The number of Topliss-reactive ketones (excluding diaryl/α,β-unsaturated/α-hetero) is 1. The SMILES string of the molecule is CC[C@@H](C)[C@H]1C=C[C@H]2[C@H](O)[C@H](O)C[C@@H](C)[C@@H]2[C@@]1(C)C(=O)CCO. The van der Waals surface area contributed by atoms with Crippen LogP contribution in [-0.2, 0) is 4.79 Å². The molecule has 0 unspecified atom stereocenters. The third-order valence-corrected chi connectivity index (χ3v) is 6.55. The first-order valence-corrected chi connectivity index (χ1v) is 8.97. The van der Waals surface area contributed by atoms with E-state index in [4.69, 9.17) is 0 Å². The molecule has 23 heavy (non-hydrogen) atoms. The third kappa shape index (κ3) is 3.01. The summed E-state index contributed by atoms with van der Waals surface area (Å²) in [7, 11) is 0. The average molecular weight is 324 g/mol. The maximum absolute atomic E-state index is 13.0. The summed E-state index contributed by atoms with van der Waals surface area (Å²) in [5, 5.41) is 29.9. The Morgan fingerprint density at radius 3 is 2.57 bits per heavy atom. The lowest BCUT2D eigenvalue weighted by atomic mass is 9.49. The summed E-state index contributed by atoms with van der Waals surface area (Å²) in [5.41, 5.74) is -0.599. The number of aliphatic hydroxyl groups excluding tert-OH is 3. The van der Waals surface area contributed by atoms with Crippen LogP contribution < -0.4 is 0 Å². The number of fused-ring (bicyclic) bond motifs is 1. The Morgan fingerprint density at radius 1 is 1.35 bits per heavy atom. The van der Waals surface area contributed by atoms with Crippen LogP contribution in [0, 0.1) is 35.0 Å². The predicted molar refractivity (Wildman–Crippen MR) is 89.7 cm³/mol. The molecule has 4 nitrogen and oxygen atoms in total. The van der Waals surface area contributed by atoms with Crippen molar-refractivity contribution in [3.05, 3.63) is 12.2 Å². The highest BCUT2D eigenvalue weighted by atomic mass is 16.3. The minimum atomic E-state index is -0.813. The Hall–Kier alpha value is -0.710. The molecule has 0 radical (unpaired) electrons. The largest absolute Gasteiger partial charge is 0.396 e. The number of allylic oxidation sites excluding steroid dienone is 1. The van der Waals surface area contributed by atoms with E-state index in [1.807, 2.05) is 13.0 Å². The van der Waals surface area contributed by atoms with Gasteiger partial charge in [-0.25, -0.2) is 0 Å². The second-order valence-electron chi connectivity index (χ2n) is 7.85. The van der Waals surface area contributed by atoms with Crippen LogP contribution >= 0.6 is 0 Å². The maximum atomic E-state index is 13.0. The van der Waals surface area contributed by atoms with Crippen LogP contribution in [0.25, 0.3) is 0 Å². The molecule has 0 aromatic heterocycles. The Bertz CT molecular complexity index is 460. The van der Waals surface area contributed by atoms with E-state index in [-0.39, 0.29) is 42.5 Å². The minimum absolute atomic E-state index is 0.00366. The van der Waals surface area contributed by atoms with Gasteiger partial charge >= 0.3 is 0 Å². The summed E-state index contributed by atoms with van der Waals surface area (Å²) in [6.07, 6.45) is 4.22. The molecule has 2 rings (SSSR count). The van der Waals surface area contributed by atoms with Gasteiger partial charge in [0.05, 0.1) is 12.2 Å². The van der Waals surface area contributed by atoms with E-state index in [2.05, 4.69) is 26.8 Å². The lowest BCUT2D eigenvalue weighted by molar-refractivity contribution is -0.154. The van der Waals surface area contributed by atoms with Gasteiger partial charge in [0.25, 0.3) is 0 Å². The highest BCUT2D eigenvalue weighted by Gasteiger charge is 2.57. The summed E-state index contributed by atoms with van der Waals surface area (Å²) >= 11 is 0. The average Bonchev–Trinajstić information content (AvgIpc) is 2.51. The molecule has 132 valence electrons. The number of hydrogen-bond acceptors (Lipinski definition) is 4. The Balaban J connectivity index is 2.50. The van der Waals surface area contributed by atoms with Gasteiger partial charge in [0, 0.05) is 24.4 Å². The Labute approximate surface area is 139 Å². The van der Waals surface area contributed by atoms with Gasteiger partial charge in [0.15, 0.2) is 0 Å². The topological polar surface area (TPSA) is 77.8 Å². The molecular weight excluding hydrogens is 292 g/mol. The molecule has 2 aliphatic rings. The van der Waals surface area contributed by atoms with Crippen LogP contribution in [0.15, 0.2) is 12.2 Å². The molecule has 1 fully saturated rings. The third-order valence-electron chi connectivity index (χ3n) is 6.55. The first kappa shape index (κ1) is 18.6. The molecule has 3 N–H and O–H groups in total. The first-order valence-electron chi connectivity index (χ1n) is 8.97. The van der Waals surface area contributed by atoms with Crippen molar-refractivity contribution in [2.24, 2.45) is 35.0 Å². The van der Waals surface area contributed by atoms with E-state index in [1.165, 1.54) is 0 Å². The fourth-order valence-corrected chi connectivity index (χ4v) is 5.19. The van der Waals surface area contributed by atoms with Crippen molar-refractivity contribution in [1.82, 2.24) is 0 Å². The van der Waals surface area contributed by atoms with Crippen molar-refractivity contribution in [2.45, 2.75) is 59.2 Å². The molecule has 4 heteroatoms. The molecule has 0 heterocycles. The molecule has 0 aromatic rings. The summed E-state index contributed by atoms with van der Waals surface area (Å²) in [4.78, 5) is 13.0. The molecular formula is C19H32O4. The Morgan fingerprint density at radius 2 is 2.00 bits per heavy atom. The van der Waals surface area contributed by atoms with E-state index in [9.17, 15) is 20.1 Å². The zero-order valence-electron chi connectivity index (χ0n) is 14.8. The maximum Gasteiger partial charge on any atom is 0.141 e. The Kier molecular flexibility index (Phi) is 5.70. The van der Waals surface area contributed by atoms with Crippen LogP contribution in [0.2, 0.25) is 0 Å². The van der Waals surface area contributed by atoms with Crippen LogP contribution in [0.3, 0.4) is 0 Å². The zero-order chi connectivity index (χ0) is 17.4. The van der Waals surface area contributed by atoms with Gasteiger partial charge in [0.1, 0.15) is 5.78 Å². The number of rotatable bonds is 5. The van der Waals surface area contributed by atoms with Gasteiger partial charge < -0.3 is 15.3 Å². The lowest BCUT2D eigenvalue weighted by Crippen LogP contribution is -2.58. The molecule has 0 bridgehead atoms. The monoisotopic (exact) mass is 324 g/mol. The van der Waals surface area contributed by atoms with Crippen molar-refractivity contribution < 1.29 is 20.1 Å². The molecule has 8 atom stereocenters. The fourth-order valence-electron chi connectivity index (χ4n) is 5.19. The highest BCUT2D eigenvalue weighted by molar-refractivity contribution is 5.86. The molecule has 2 aliphatic carbocycles. The number of aliphatic hydroxyl groups is 3. The van der Waals surface area contributed by atoms with Gasteiger partial charge in [-0.05, 0) is 30.1 Å². The van der Waals surface area contributed by atoms with E-state index in [0.717, 1.165) is 6.42 Å².